The van der Waals surface area contributed by atoms with E-state index in [9.17, 15) is 4.79 Å². The number of amides is 1. The van der Waals surface area contributed by atoms with Crippen LogP contribution in [0.4, 0.5) is 11.5 Å². The highest BCUT2D eigenvalue weighted by atomic mass is 35.5. The zero-order valence-corrected chi connectivity index (χ0v) is 14.0. The van der Waals surface area contributed by atoms with Crippen LogP contribution < -0.4 is 10.6 Å². The summed E-state index contributed by atoms with van der Waals surface area (Å²) in [6.07, 6.45) is 0. The molecule has 0 aliphatic carbocycles. The smallest absolute Gasteiger partial charge is 0.276 e. The maximum Gasteiger partial charge on any atom is 0.276 e. The fourth-order valence-corrected chi connectivity index (χ4v) is 2.19. The number of halogens is 2. The maximum atomic E-state index is 12.2. The topological polar surface area (TPSA) is 66.9 Å². The van der Waals surface area contributed by atoms with E-state index >= 15 is 0 Å². The summed E-state index contributed by atoms with van der Waals surface area (Å²) < 4.78 is 0. The Hall–Kier alpha value is -1.85. The summed E-state index contributed by atoms with van der Waals surface area (Å²) in [6.45, 7) is 6.03. The molecule has 0 atom stereocenters. The molecular weight excluding hydrogens is 323 g/mol. The van der Waals surface area contributed by atoms with Gasteiger partial charge < -0.3 is 10.6 Å². The molecule has 1 heterocycles. The number of para-hydroxylation sites is 1. The predicted molar refractivity (Wildman–Crippen MR) is 89.8 cm³/mol. The van der Waals surface area contributed by atoms with Crippen LogP contribution in [0.5, 0.6) is 0 Å². The molecule has 7 heteroatoms. The highest BCUT2D eigenvalue weighted by Crippen LogP contribution is 2.30. The van der Waals surface area contributed by atoms with Gasteiger partial charge in [-0.25, -0.2) is 0 Å². The summed E-state index contributed by atoms with van der Waals surface area (Å²) in [5, 5.41) is 14.4. The molecular formula is C15H16Cl2N4O. The molecule has 0 spiro atoms. The second-order valence-corrected chi connectivity index (χ2v) is 6.54. The summed E-state index contributed by atoms with van der Waals surface area (Å²) in [5.41, 5.74) is 0.397. The van der Waals surface area contributed by atoms with E-state index in [1.807, 2.05) is 20.8 Å². The van der Waals surface area contributed by atoms with E-state index in [1.165, 1.54) is 0 Å². The summed E-state index contributed by atoms with van der Waals surface area (Å²) in [4.78, 5) is 12.2. The number of hydrogen-bond acceptors (Lipinski definition) is 4. The van der Waals surface area contributed by atoms with Gasteiger partial charge in [0.1, 0.15) is 5.82 Å². The van der Waals surface area contributed by atoms with E-state index in [0.29, 0.717) is 21.6 Å². The van der Waals surface area contributed by atoms with E-state index in [0.717, 1.165) is 0 Å². The number of anilines is 2. The third kappa shape index (κ3) is 4.32. The molecule has 2 rings (SSSR count). The first-order valence-corrected chi connectivity index (χ1v) is 7.39. The molecule has 0 fully saturated rings. The quantitative estimate of drug-likeness (QED) is 0.877. The Bertz CT molecular complexity index is 661. The van der Waals surface area contributed by atoms with E-state index in [4.69, 9.17) is 23.2 Å². The molecule has 1 aromatic carbocycles. The van der Waals surface area contributed by atoms with Crippen LogP contribution in [-0.2, 0) is 0 Å². The van der Waals surface area contributed by atoms with Crippen LogP contribution in [0.2, 0.25) is 10.0 Å². The zero-order chi connectivity index (χ0) is 16.3. The predicted octanol–water partition coefficient (Wildman–Crippen LogP) is 4.25. The number of carbonyl (C=O) groups excluding carboxylic acids is 1. The van der Waals surface area contributed by atoms with Gasteiger partial charge in [0, 0.05) is 5.54 Å². The Balaban J connectivity index is 2.13. The van der Waals surface area contributed by atoms with Crippen LogP contribution in [0, 0.1) is 0 Å². The van der Waals surface area contributed by atoms with Crippen LogP contribution in [0.1, 0.15) is 31.3 Å². The number of benzene rings is 1. The molecule has 1 amide bonds. The summed E-state index contributed by atoms with van der Waals surface area (Å²) >= 11 is 12.0. The molecule has 0 saturated carbocycles. The van der Waals surface area contributed by atoms with Crippen molar-refractivity contribution >= 4 is 40.6 Å². The highest BCUT2D eigenvalue weighted by Gasteiger charge is 2.14. The largest absolute Gasteiger partial charge is 0.364 e. The van der Waals surface area contributed by atoms with Crippen molar-refractivity contribution in [1.29, 1.82) is 0 Å². The van der Waals surface area contributed by atoms with Gasteiger partial charge >= 0.3 is 0 Å². The Morgan fingerprint density at radius 2 is 1.68 bits per heavy atom. The SMILES string of the molecule is CC(C)(C)Nc1ccc(C(=O)Nc2c(Cl)cccc2Cl)nn1. The van der Waals surface area contributed by atoms with Gasteiger partial charge in [0.2, 0.25) is 0 Å². The fraction of sp³-hybridized carbons (Fsp3) is 0.267. The molecule has 0 radical (unpaired) electrons. The number of nitrogens with one attached hydrogen (secondary N) is 2. The van der Waals surface area contributed by atoms with Crippen molar-refractivity contribution in [2.75, 3.05) is 10.6 Å². The van der Waals surface area contributed by atoms with Gasteiger partial charge in [-0.05, 0) is 45.0 Å². The molecule has 5 nitrogen and oxygen atoms in total. The zero-order valence-electron chi connectivity index (χ0n) is 12.4. The molecule has 1 aromatic heterocycles. The Morgan fingerprint density at radius 3 is 2.18 bits per heavy atom. The van der Waals surface area contributed by atoms with Gasteiger partial charge in [-0.3, -0.25) is 4.79 Å². The van der Waals surface area contributed by atoms with Crippen molar-refractivity contribution in [2.24, 2.45) is 0 Å². The first-order chi connectivity index (χ1) is 10.3. The van der Waals surface area contributed by atoms with Gasteiger partial charge in [-0.15, -0.1) is 10.2 Å². The van der Waals surface area contributed by atoms with Crippen LogP contribution in [0.25, 0.3) is 0 Å². The van der Waals surface area contributed by atoms with Crippen LogP contribution in [0.15, 0.2) is 30.3 Å². The van der Waals surface area contributed by atoms with Gasteiger partial charge in [-0.2, -0.15) is 0 Å². The molecule has 2 aromatic rings. The number of hydrogen-bond donors (Lipinski definition) is 2. The van der Waals surface area contributed by atoms with E-state index in [2.05, 4.69) is 20.8 Å². The Labute approximate surface area is 139 Å². The summed E-state index contributed by atoms with van der Waals surface area (Å²) in [7, 11) is 0. The maximum absolute atomic E-state index is 12.2. The first kappa shape index (κ1) is 16.5. The highest BCUT2D eigenvalue weighted by molar-refractivity contribution is 6.39. The first-order valence-electron chi connectivity index (χ1n) is 6.63. The molecule has 116 valence electrons. The molecule has 0 saturated heterocycles. The lowest BCUT2D eigenvalue weighted by Crippen LogP contribution is -2.27. The number of aromatic nitrogens is 2. The molecule has 22 heavy (non-hydrogen) atoms. The van der Waals surface area contributed by atoms with E-state index in [1.54, 1.807) is 30.3 Å². The Kier molecular flexibility index (Phi) is 4.88. The standard InChI is InChI=1S/C15H16Cl2N4O/c1-15(2,3)19-12-8-7-11(20-21-12)14(22)18-13-9(16)5-4-6-10(13)17/h4-8H,1-3H3,(H,18,22)(H,19,21). The normalized spacial score (nSPS) is 11.1. The average Bonchev–Trinajstić information content (AvgIpc) is 2.42. The van der Waals surface area contributed by atoms with Gasteiger partial charge in [-0.1, -0.05) is 29.3 Å². The molecule has 0 unspecified atom stereocenters. The van der Waals surface area contributed by atoms with Gasteiger partial charge in [0.05, 0.1) is 15.7 Å². The van der Waals surface area contributed by atoms with E-state index in [-0.39, 0.29) is 11.2 Å². The molecule has 0 aliphatic heterocycles. The van der Waals surface area contributed by atoms with Crippen molar-refractivity contribution in [3.05, 3.63) is 46.1 Å². The van der Waals surface area contributed by atoms with Gasteiger partial charge in [0.15, 0.2) is 5.69 Å². The van der Waals surface area contributed by atoms with Gasteiger partial charge in [0.25, 0.3) is 5.91 Å². The van der Waals surface area contributed by atoms with Crippen molar-refractivity contribution in [1.82, 2.24) is 10.2 Å². The second-order valence-electron chi connectivity index (χ2n) is 5.73. The van der Waals surface area contributed by atoms with E-state index < -0.39 is 5.91 Å². The second kappa shape index (κ2) is 6.50. The number of carbonyl (C=O) groups is 1. The van der Waals surface area contributed by atoms with Crippen molar-refractivity contribution in [3.63, 3.8) is 0 Å². The lowest BCUT2D eigenvalue weighted by molar-refractivity contribution is 0.102. The van der Waals surface area contributed by atoms with Crippen molar-refractivity contribution in [2.45, 2.75) is 26.3 Å². The summed E-state index contributed by atoms with van der Waals surface area (Å²) in [5.74, 6) is 0.171. The molecule has 0 bridgehead atoms. The van der Waals surface area contributed by atoms with Crippen molar-refractivity contribution in [3.8, 4) is 0 Å². The molecule has 2 N–H and O–H groups in total. The average molecular weight is 339 g/mol. The minimum atomic E-state index is -0.426. The summed E-state index contributed by atoms with van der Waals surface area (Å²) in [6, 6.07) is 8.27. The van der Waals surface area contributed by atoms with Crippen molar-refractivity contribution < 1.29 is 4.79 Å². The lowest BCUT2D eigenvalue weighted by Gasteiger charge is -2.20. The minimum Gasteiger partial charge on any atom is -0.364 e. The third-order valence-corrected chi connectivity index (χ3v) is 3.23. The van der Waals surface area contributed by atoms with Crippen LogP contribution in [-0.4, -0.2) is 21.6 Å². The Morgan fingerprint density at radius 1 is 1.05 bits per heavy atom. The third-order valence-electron chi connectivity index (χ3n) is 2.60. The van der Waals surface area contributed by atoms with Crippen LogP contribution in [0.3, 0.4) is 0 Å². The number of nitrogens with zero attached hydrogens (tertiary/aromatic N) is 2. The van der Waals surface area contributed by atoms with Crippen LogP contribution >= 0.6 is 23.2 Å². The fourth-order valence-electron chi connectivity index (χ4n) is 1.70. The lowest BCUT2D eigenvalue weighted by atomic mass is 10.1. The minimum absolute atomic E-state index is 0.135. The molecule has 0 aliphatic rings. The number of rotatable bonds is 3. The monoisotopic (exact) mass is 338 g/mol.